The van der Waals surface area contributed by atoms with E-state index >= 15 is 0 Å². The monoisotopic (exact) mass is 333 g/mol. The quantitative estimate of drug-likeness (QED) is 0.883. The van der Waals surface area contributed by atoms with Gasteiger partial charge in [-0.25, -0.2) is 9.78 Å². The summed E-state index contributed by atoms with van der Waals surface area (Å²) in [7, 11) is 1.82. The van der Waals surface area contributed by atoms with Crippen molar-refractivity contribution < 1.29 is 4.79 Å². The fraction of sp³-hybridized carbons (Fsp3) is 0.562. The molecular formula is C16H23N5OS. The van der Waals surface area contributed by atoms with Crippen LogP contribution in [0.1, 0.15) is 42.8 Å². The number of hydrogen-bond donors (Lipinski definition) is 2. The molecule has 1 aliphatic carbocycles. The zero-order chi connectivity index (χ0) is 16.1. The van der Waals surface area contributed by atoms with Crippen LogP contribution < -0.4 is 10.6 Å². The van der Waals surface area contributed by atoms with E-state index in [4.69, 9.17) is 0 Å². The summed E-state index contributed by atoms with van der Waals surface area (Å²) in [5.74, 6) is 0.741. The summed E-state index contributed by atoms with van der Waals surface area (Å²) in [5, 5.41) is 12.0. The first-order valence-electron chi connectivity index (χ1n) is 8.08. The number of amides is 2. The van der Waals surface area contributed by atoms with Crippen molar-refractivity contribution in [3.05, 3.63) is 34.5 Å². The standard InChI is InChI=1S/C16H23N5OS/c1-21-14(19-12-20-21)10-17-15(22)18-11-16(7-3-2-4-8-16)13-6-5-9-23-13/h5-6,9,12H,2-4,7-8,10-11H2,1H3,(H2,17,18,22). The molecule has 0 saturated heterocycles. The highest BCUT2D eigenvalue weighted by Crippen LogP contribution is 2.40. The van der Waals surface area contributed by atoms with Crippen molar-refractivity contribution in [3.63, 3.8) is 0 Å². The molecule has 1 fully saturated rings. The summed E-state index contributed by atoms with van der Waals surface area (Å²) in [6, 6.07) is 4.16. The van der Waals surface area contributed by atoms with Crippen molar-refractivity contribution in [3.8, 4) is 0 Å². The molecule has 124 valence electrons. The lowest BCUT2D eigenvalue weighted by Gasteiger charge is -2.36. The van der Waals surface area contributed by atoms with Gasteiger partial charge in [0.25, 0.3) is 0 Å². The number of carbonyl (C=O) groups excluding carboxylic acids is 1. The molecule has 0 radical (unpaired) electrons. The first-order valence-corrected chi connectivity index (χ1v) is 8.96. The Labute approximate surface area is 140 Å². The topological polar surface area (TPSA) is 71.8 Å². The smallest absolute Gasteiger partial charge is 0.315 e. The van der Waals surface area contributed by atoms with Gasteiger partial charge < -0.3 is 10.6 Å². The number of thiophene rings is 1. The Morgan fingerprint density at radius 2 is 2.17 bits per heavy atom. The predicted molar refractivity (Wildman–Crippen MR) is 90.3 cm³/mol. The molecule has 0 aliphatic heterocycles. The van der Waals surface area contributed by atoms with Gasteiger partial charge in [-0.3, -0.25) is 4.68 Å². The van der Waals surface area contributed by atoms with Crippen molar-refractivity contribution in [2.45, 2.75) is 44.1 Å². The molecule has 2 aromatic heterocycles. The largest absolute Gasteiger partial charge is 0.337 e. The maximum absolute atomic E-state index is 12.1. The summed E-state index contributed by atoms with van der Waals surface area (Å²) in [6.45, 7) is 1.08. The molecule has 2 N–H and O–H groups in total. The summed E-state index contributed by atoms with van der Waals surface area (Å²) in [4.78, 5) is 17.6. The molecule has 1 aliphatic rings. The maximum Gasteiger partial charge on any atom is 0.315 e. The lowest BCUT2D eigenvalue weighted by atomic mass is 9.73. The Hall–Kier alpha value is -1.89. The van der Waals surface area contributed by atoms with E-state index in [2.05, 4.69) is 38.2 Å². The average molecular weight is 333 g/mol. The highest BCUT2D eigenvalue weighted by Gasteiger charge is 2.35. The van der Waals surface area contributed by atoms with Gasteiger partial charge in [0.1, 0.15) is 12.2 Å². The molecule has 0 unspecified atom stereocenters. The van der Waals surface area contributed by atoms with E-state index in [-0.39, 0.29) is 11.4 Å². The van der Waals surface area contributed by atoms with Crippen LogP contribution in [0.4, 0.5) is 4.79 Å². The molecule has 2 heterocycles. The highest BCUT2D eigenvalue weighted by molar-refractivity contribution is 7.10. The van der Waals surface area contributed by atoms with E-state index in [0.717, 1.165) is 18.7 Å². The predicted octanol–water partition coefficient (Wildman–Crippen LogP) is 2.58. The normalized spacial score (nSPS) is 16.9. The van der Waals surface area contributed by atoms with Gasteiger partial charge >= 0.3 is 6.03 Å². The van der Waals surface area contributed by atoms with Crippen molar-refractivity contribution in [1.29, 1.82) is 0 Å². The summed E-state index contributed by atoms with van der Waals surface area (Å²) in [6.07, 6.45) is 7.56. The molecule has 2 aromatic rings. The molecular weight excluding hydrogens is 310 g/mol. The number of urea groups is 1. The van der Waals surface area contributed by atoms with Crippen LogP contribution in [-0.4, -0.2) is 27.3 Å². The summed E-state index contributed by atoms with van der Waals surface area (Å²) in [5.41, 5.74) is 0.106. The van der Waals surface area contributed by atoms with Crippen LogP contribution in [0.25, 0.3) is 0 Å². The Bertz CT molecular complexity index is 631. The zero-order valence-electron chi connectivity index (χ0n) is 13.4. The second-order valence-corrected chi connectivity index (χ2v) is 7.10. The maximum atomic E-state index is 12.1. The molecule has 2 amide bonds. The minimum Gasteiger partial charge on any atom is -0.337 e. The molecule has 0 aromatic carbocycles. The number of aromatic nitrogens is 3. The minimum atomic E-state index is -0.144. The molecule has 1 saturated carbocycles. The van der Waals surface area contributed by atoms with Gasteiger partial charge in [-0.2, -0.15) is 5.10 Å². The summed E-state index contributed by atoms with van der Waals surface area (Å²) < 4.78 is 1.66. The lowest BCUT2D eigenvalue weighted by Crippen LogP contribution is -2.45. The molecule has 3 rings (SSSR count). The number of hydrogen-bond acceptors (Lipinski definition) is 4. The SMILES string of the molecule is Cn1ncnc1CNC(=O)NCC1(c2cccs2)CCCCC1. The second kappa shape index (κ2) is 7.12. The first-order chi connectivity index (χ1) is 11.2. The van der Waals surface area contributed by atoms with Gasteiger partial charge in [0, 0.05) is 23.9 Å². The van der Waals surface area contributed by atoms with Crippen LogP contribution >= 0.6 is 11.3 Å². The lowest BCUT2D eigenvalue weighted by molar-refractivity contribution is 0.230. The molecule has 7 heteroatoms. The number of nitrogens with one attached hydrogen (secondary N) is 2. The summed E-state index contributed by atoms with van der Waals surface area (Å²) >= 11 is 1.80. The second-order valence-electron chi connectivity index (χ2n) is 6.15. The number of aryl methyl sites for hydroxylation is 1. The Morgan fingerprint density at radius 1 is 1.35 bits per heavy atom. The first kappa shape index (κ1) is 16.0. The van der Waals surface area contributed by atoms with Gasteiger partial charge in [0.15, 0.2) is 0 Å². The Morgan fingerprint density at radius 3 is 2.83 bits per heavy atom. The third kappa shape index (κ3) is 3.72. The Balaban J connectivity index is 1.56. The van der Waals surface area contributed by atoms with E-state index in [1.54, 1.807) is 16.0 Å². The molecule has 23 heavy (non-hydrogen) atoms. The van der Waals surface area contributed by atoms with E-state index in [9.17, 15) is 4.79 Å². The van der Waals surface area contributed by atoms with Gasteiger partial charge in [0.05, 0.1) is 6.54 Å². The zero-order valence-corrected chi connectivity index (χ0v) is 14.2. The van der Waals surface area contributed by atoms with Crippen LogP contribution in [0.15, 0.2) is 23.8 Å². The van der Waals surface area contributed by atoms with Crippen LogP contribution in [0.5, 0.6) is 0 Å². The number of carbonyl (C=O) groups is 1. The van der Waals surface area contributed by atoms with Crippen molar-refractivity contribution in [2.24, 2.45) is 7.05 Å². The van der Waals surface area contributed by atoms with Gasteiger partial charge in [-0.1, -0.05) is 25.3 Å². The van der Waals surface area contributed by atoms with E-state index in [1.807, 2.05) is 7.05 Å². The third-order valence-corrected chi connectivity index (χ3v) is 5.77. The molecule has 0 spiro atoms. The van der Waals surface area contributed by atoms with E-state index in [0.29, 0.717) is 13.1 Å². The van der Waals surface area contributed by atoms with Crippen molar-refractivity contribution in [2.75, 3.05) is 6.54 Å². The van der Waals surface area contributed by atoms with E-state index < -0.39 is 0 Å². The fourth-order valence-electron chi connectivity index (χ4n) is 3.27. The van der Waals surface area contributed by atoms with Crippen LogP contribution in [0, 0.1) is 0 Å². The van der Waals surface area contributed by atoms with Crippen molar-refractivity contribution >= 4 is 17.4 Å². The average Bonchev–Trinajstić information content (AvgIpc) is 3.24. The van der Waals surface area contributed by atoms with Crippen molar-refractivity contribution in [1.82, 2.24) is 25.4 Å². The molecule has 6 nitrogen and oxygen atoms in total. The van der Waals surface area contributed by atoms with Gasteiger partial charge in [-0.05, 0) is 24.3 Å². The number of nitrogens with zero attached hydrogens (tertiary/aromatic N) is 3. The molecule has 0 bridgehead atoms. The van der Waals surface area contributed by atoms with Gasteiger partial charge in [-0.15, -0.1) is 11.3 Å². The van der Waals surface area contributed by atoms with Crippen LogP contribution in [-0.2, 0) is 19.0 Å². The minimum absolute atomic E-state index is 0.106. The van der Waals surface area contributed by atoms with Gasteiger partial charge in [0.2, 0.25) is 0 Å². The Kier molecular flexibility index (Phi) is 4.95. The molecule has 0 atom stereocenters. The van der Waals surface area contributed by atoms with Crippen LogP contribution in [0.3, 0.4) is 0 Å². The number of rotatable bonds is 5. The highest BCUT2D eigenvalue weighted by atomic mass is 32.1. The van der Waals surface area contributed by atoms with E-state index in [1.165, 1.54) is 30.5 Å². The fourth-order valence-corrected chi connectivity index (χ4v) is 4.26. The van der Waals surface area contributed by atoms with Crippen LogP contribution in [0.2, 0.25) is 0 Å². The third-order valence-electron chi connectivity index (χ3n) is 4.65.